The van der Waals surface area contributed by atoms with Gasteiger partial charge in [0.1, 0.15) is 0 Å². The summed E-state index contributed by atoms with van der Waals surface area (Å²) in [6.07, 6.45) is 1.98. The van der Waals surface area contributed by atoms with Gasteiger partial charge in [-0.15, -0.1) is 0 Å². The second kappa shape index (κ2) is 6.61. The van der Waals surface area contributed by atoms with Crippen LogP contribution in [0, 0.1) is 13.8 Å². The van der Waals surface area contributed by atoms with Gasteiger partial charge in [0.2, 0.25) is 5.91 Å². The molecule has 1 fully saturated rings. The monoisotopic (exact) mass is 391 g/mol. The van der Waals surface area contributed by atoms with Crippen LogP contribution in [0.15, 0.2) is 40.0 Å². The van der Waals surface area contributed by atoms with Crippen LogP contribution in [0.5, 0.6) is 0 Å². The number of amides is 1. The minimum atomic E-state index is -0.179. The van der Waals surface area contributed by atoms with Crippen molar-refractivity contribution in [1.82, 2.24) is 15.3 Å². The summed E-state index contributed by atoms with van der Waals surface area (Å²) in [5.74, 6) is 0.361. The summed E-state index contributed by atoms with van der Waals surface area (Å²) in [4.78, 5) is 21.0. The molecule has 0 spiro atoms. The number of aryl methyl sites for hydroxylation is 2. The van der Waals surface area contributed by atoms with Gasteiger partial charge in [-0.25, -0.2) is 9.97 Å². The van der Waals surface area contributed by atoms with Gasteiger partial charge in [-0.05, 0) is 50.5 Å². The number of nitrogens with zero attached hydrogens (tertiary/aromatic N) is 2. The second-order valence-corrected chi connectivity index (χ2v) is 7.72. The zero-order chi connectivity index (χ0) is 16.4. The van der Waals surface area contributed by atoms with E-state index in [4.69, 9.17) is 0 Å². The highest BCUT2D eigenvalue weighted by atomic mass is 79.9. The van der Waals surface area contributed by atoms with Gasteiger partial charge in [-0.3, -0.25) is 4.79 Å². The summed E-state index contributed by atoms with van der Waals surface area (Å²) >= 11 is 4.82. The van der Waals surface area contributed by atoms with Crippen LogP contribution < -0.4 is 5.32 Å². The highest BCUT2D eigenvalue weighted by Crippen LogP contribution is 2.45. The van der Waals surface area contributed by atoms with Crippen LogP contribution in [-0.2, 0) is 10.3 Å². The highest BCUT2D eigenvalue weighted by molar-refractivity contribution is 9.10. The number of benzene rings is 1. The molecule has 0 radical (unpaired) electrons. The van der Waals surface area contributed by atoms with Crippen molar-refractivity contribution in [1.29, 1.82) is 0 Å². The third-order valence-corrected chi connectivity index (χ3v) is 5.20. The average molecular weight is 392 g/mol. The average Bonchev–Trinajstić information content (AvgIpc) is 3.25. The maximum absolute atomic E-state index is 12.3. The molecule has 6 heteroatoms. The Labute approximate surface area is 148 Å². The second-order valence-electron chi connectivity index (χ2n) is 5.86. The van der Waals surface area contributed by atoms with Gasteiger partial charge >= 0.3 is 0 Å². The normalized spacial score (nSPS) is 15.3. The van der Waals surface area contributed by atoms with E-state index in [2.05, 4.69) is 43.3 Å². The summed E-state index contributed by atoms with van der Waals surface area (Å²) < 4.78 is 1.05. The number of halogens is 1. The fraction of sp³-hybridized carbons (Fsp3) is 0.353. The smallest absolute Gasteiger partial charge is 0.231 e. The number of carbonyl (C=O) groups is 1. The van der Waals surface area contributed by atoms with Crippen molar-refractivity contribution in [3.05, 3.63) is 51.8 Å². The number of hydrogen-bond acceptors (Lipinski definition) is 4. The van der Waals surface area contributed by atoms with Crippen molar-refractivity contribution in [3.63, 3.8) is 0 Å². The number of hydrogen-bond donors (Lipinski definition) is 1. The van der Waals surface area contributed by atoms with Crippen LogP contribution in [0.1, 0.15) is 29.8 Å². The molecule has 1 aliphatic rings. The molecule has 0 bridgehead atoms. The molecule has 23 heavy (non-hydrogen) atoms. The maximum Gasteiger partial charge on any atom is 0.231 e. The lowest BCUT2D eigenvalue weighted by Gasteiger charge is -2.18. The first kappa shape index (κ1) is 16.5. The first-order chi connectivity index (χ1) is 11.0. The largest absolute Gasteiger partial charge is 0.346 e. The van der Waals surface area contributed by atoms with E-state index in [0.29, 0.717) is 10.9 Å². The van der Waals surface area contributed by atoms with Crippen LogP contribution in [0.4, 0.5) is 0 Å². The molecular weight excluding hydrogens is 374 g/mol. The molecule has 3 rings (SSSR count). The third-order valence-electron chi connectivity index (χ3n) is 3.82. The van der Waals surface area contributed by atoms with Crippen molar-refractivity contribution in [2.45, 2.75) is 37.4 Å². The molecular formula is C17H18BrN3OS. The van der Waals surface area contributed by atoms with Gasteiger partial charge < -0.3 is 5.32 Å². The van der Waals surface area contributed by atoms with E-state index in [1.807, 2.05) is 32.0 Å². The molecule has 1 N–H and O–H groups in total. The molecule has 1 aromatic carbocycles. The van der Waals surface area contributed by atoms with Crippen molar-refractivity contribution < 1.29 is 4.79 Å². The molecule has 1 heterocycles. The van der Waals surface area contributed by atoms with E-state index < -0.39 is 0 Å². The fourth-order valence-electron chi connectivity index (χ4n) is 2.57. The van der Waals surface area contributed by atoms with Crippen molar-refractivity contribution in [2.75, 3.05) is 5.75 Å². The molecule has 2 aromatic rings. The Balaban J connectivity index is 1.60. The molecule has 0 aliphatic heterocycles. The quantitative estimate of drug-likeness (QED) is 0.622. The lowest BCUT2D eigenvalue weighted by molar-refractivity contribution is -0.119. The van der Waals surface area contributed by atoms with Crippen LogP contribution >= 0.6 is 27.7 Å². The molecule has 1 aliphatic carbocycles. The Bertz CT molecular complexity index is 709. The molecule has 1 aromatic heterocycles. The Morgan fingerprint density at radius 3 is 2.39 bits per heavy atom. The van der Waals surface area contributed by atoms with Crippen LogP contribution in [0.2, 0.25) is 0 Å². The number of nitrogens with one attached hydrogen (secondary N) is 1. The molecule has 0 saturated heterocycles. The summed E-state index contributed by atoms with van der Waals surface area (Å²) in [5, 5.41) is 3.83. The number of rotatable bonds is 5. The zero-order valence-electron chi connectivity index (χ0n) is 13.1. The Kier molecular flexibility index (Phi) is 4.73. The van der Waals surface area contributed by atoms with Gasteiger partial charge in [0.15, 0.2) is 5.16 Å². The van der Waals surface area contributed by atoms with Crippen molar-refractivity contribution in [2.24, 2.45) is 0 Å². The number of thioether (sulfide) groups is 1. The minimum Gasteiger partial charge on any atom is -0.346 e. The molecule has 1 saturated carbocycles. The Morgan fingerprint density at radius 2 is 1.83 bits per heavy atom. The Hall–Kier alpha value is -1.40. The molecule has 0 atom stereocenters. The van der Waals surface area contributed by atoms with Gasteiger partial charge in [0.05, 0.1) is 11.3 Å². The SMILES string of the molecule is Cc1cc(C)nc(SCC(=O)NC2(c3ccc(Br)cc3)CC2)n1. The van der Waals surface area contributed by atoms with Gasteiger partial charge in [0.25, 0.3) is 0 Å². The van der Waals surface area contributed by atoms with Crippen molar-refractivity contribution >= 4 is 33.6 Å². The van der Waals surface area contributed by atoms with Crippen LogP contribution in [0.3, 0.4) is 0 Å². The summed E-state index contributed by atoms with van der Waals surface area (Å²) in [5.41, 5.74) is 2.84. The highest BCUT2D eigenvalue weighted by Gasteiger charge is 2.45. The van der Waals surface area contributed by atoms with Crippen LogP contribution in [0.25, 0.3) is 0 Å². The predicted molar refractivity (Wildman–Crippen MR) is 95.4 cm³/mol. The molecule has 0 unspecified atom stereocenters. The first-order valence-corrected chi connectivity index (χ1v) is 9.27. The number of aromatic nitrogens is 2. The van der Waals surface area contributed by atoms with Crippen molar-refractivity contribution in [3.8, 4) is 0 Å². The molecule has 4 nitrogen and oxygen atoms in total. The van der Waals surface area contributed by atoms with Gasteiger partial charge in [-0.1, -0.05) is 39.8 Å². The van der Waals surface area contributed by atoms with E-state index in [9.17, 15) is 4.79 Å². The summed E-state index contributed by atoms with van der Waals surface area (Å²) in [7, 11) is 0. The maximum atomic E-state index is 12.3. The zero-order valence-corrected chi connectivity index (χ0v) is 15.5. The summed E-state index contributed by atoms with van der Waals surface area (Å²) in [6.45, 7) is 3.87. The summed E-state index contributed by atoms with van der Waals surface area (Å²) in [6, 6.07) is 10.1. The molecule has 1 amide bonds. The number of carbonyl (C=O) groups excluding carboxylic acids is 1. The lowest BCUT2D eigenvalue weighted by Crippen LogP contribution is -2.36. The minimum absolute atomic E-state index is 0.0261. The van der Waals surface area contributed by atoms with E-state index in [1.165, 1.54) is 17.3 Å². The van der Waals surface area contributed by atoms with E-state index in [1.54, 1.807) is 0 Å². The van der Waals surface area contributed by atoms with E-state index in [-0.39, 0.29) is 11.4 Å². The van der Waals surface area contributed by atoms with E-state index in [0.717, 1.165) is 28.7 Å². The predicted octanol–water partition coefficient (Wildman–Crippen LogP) is 3.75. The lowest BCUT2D eigenvalue weighted by atomic mass is 10.1. The standard InChI is InChI=1S/C17H18BrN3OS/c1-11-9-12(2)20-16(19-11)23-10-15(22)21-17(7-8-17)13-3-5-14(18)6-4-13/h3-6,9H,7-8,10H2,1-2H3,(H,21,22). The fourth-order valence-corrected chi connectivity index (χ4v) is 3.58. The Morgan fingerprint density at radius 1 is 1.22 bits per heavy atom. The van der Waals surface area contributed by atoms with E-state index >= 15 is 0 Å². The van der Waals surface area contributed by atoms with Crippen LogP contribution in [-0.4, -0.2) is 21.6 Å². The molecule has 120 valence electrons. The third kappa shape index (κ3) is 4.12. The topological polar surface area (TPSA) is 54.9 Å². The van der Waals surface area contributed by atoms with Gasteiger partial charge in [0, 0.05) is 15.9 Å². The van der Waals surface area contributed by atoms with Gasteiger partial charge in [-0.2, -0.15) is 0 Å². The first-order valence-electron chi connectivity index (χ1n) is 7.49.